The molecular formula is C20H23N5OS. The summed E-state index contributed by atoms with van der Waals surface area (Å²) in [6.45, 7) is 3.81. The number of thiazole rings is 1. The molecule has 140 valence electrons. The Morgan fingerprint density at radius 3 is 2.74 bits per heavy atom. The molecule has 6 nitrogen and oxygen atoms in total. The van der Waals surface area contributed by atoms with E-state index in [4.69, 9.17) is 4.74 Å². The lowest BCUT2D eigenvalue weighted by atomic mass is 10.2. The zero-order valence-electron chi connectivity index (χ0n) is 15.5. The molecule has 0 amide bonds. The van der Waals surface area contributed by atoms with Crippen LogP contribution in [0.4, 0.5) is 0 Å². The third kappa shape index (κ3) is 6.07. The van der Waals surface area contributed by atoms with Crippen LogP contribution >= 0.6 is 11.3 Å². The topological polar surface area (TPSA) is 71.4 Å². The molecule has 0 bridgehead atoms. The average molecular weight is 382 g/mol. The summed E-state index contributed by atoms with van der Waals surface area (Å²) >= 11 is 1.68. The first-order chi connectivity index (χ1) is 13.2. The second-order valence-corrected chi connectivity index (χ2v) is 7.22. The van der Waals surface area contributed by atoms with Gasteiger partial charge in [0, 0.05) is 30.9 Å². The number of guanidine groups is 1. The SMILES string of the molecule is CN=C(NCc1cccc(OCc2ccccn2)c1)NCc1ncc(C)s1. The van der Waals surface area contributed by atoms with Crippen LogP contribution in [0.25, 0.3) is 0 Å². The highest BCUT2D eigenvalue weighted by atomic mass is 32.1. The van der Waals surface area contributed by atoms with Gasteiger partial charge in [-0.1, -0.05) is 18.2 Å². The van der Waals surface area contributed by atoms with Gasteiger partial charge in [0.2, 0.25) is 0 Å². The molecule has 3 aromatic rings. The first-order valence-electron chi connectivity index (χ1n) is 8.70. The number of benzene rings is 1. The Balaban J connectivity index is 1.49. The van der Waals surface area contributed by atoms with Gasteiger partial charge in [-0.25, -0.2) is 4.98 Å². The van der Waals surface area contributed by atoms with E-state index < -0.39 is 0 Å². The van der Waals surface area contributed by atoms with Crippen molar-refractivity contribution in [2.24, 2.45) is 4.99 Å². The van der Waals surface area contributed by atoms with Gasteiger partial charge in [-0.05, 0) is 36.8 Å². The summed E-state index contributed by atoms with van der Waals surface area (Å²) in [6, 6.07) is 13.8. The lowest BCUT2D eigenvalue weighted by Crippen LogP contribution is -2.36. The molecule has 0 saturated heterocycles. The molecule has 0 aliphatic heterocycles. The van der Waals surface area contributed by atoms with Crippen molar-refractivity contribution in [2.45, 2.75) is 26.6 Å². The van der Waals surface area contributed by atoms with Crippen molar-refractivity contribution in [3.63, 3.8) is 0 Å². The minimum Gasteiger partial charge on any atom is -0.487 e. The van der Waals surface area contributed by atoms with Crippen LogP contribution in [-0.4, -0.2) is 23.0 Å². The summed E-state index contributed by atoms with van der Waals surface area (Å²) in [6.07, 6.45) is 3.65. The highest BCUT2D eigenvalue weighted by molar-refractivity contribution is 7.11. The van der Waals surface area contributed by atoms with Crippen molar-refractivity contribution in [1.82, 2.24) is 20.6 Å². The summed E-state index contributed by atoms with van der Waals surface area (Å²) in [5, 5.41) is 7.63. The second-order valence-electron chi connectivity index (χ2n) is 5.90. The molecule has 27 heavy (non-hydrogen) atoms. The quantitative estimate of drug-likeness (QED) is 0.485. The molecule has 2 aromatic heterocycles. The maximum Gasteiger partial charge on any atom is 0.191 e. The Morgan fingerprint density at radius 1 is 1.11 bits per heavy atom. The summed E-state index contributed by atoms with van der Waals surface area (Å²) in [5.74, 6) is 1.56. The van der Waals surface area contributed by atoms with Crippen molar-refractivity contribution in [3.05, 3.63) is 76.0 Å². The van der Waals surface area contributed by atoms with Gasteiger partial charge in [0.1, 0.15) is 17.4 Å². The molecule has 0 saturated carbocycles. The standard InChI is InChI=1S/C20H23N5OS/c1-15-11-23-19(27-15)13-25-20(21-2)24-12-16-6-5-8-18(10-16)26-14-17-7-3-4-9-22-17/h3-11H,12-14H2,1-2H3,(H2,21,24,25). The van der Waals surface area contributed by atoms with Gasteiger partial charge in [-0.2, -0.15) is 0 Å². The van der Waals surface area contributed by atoms with Gasteiger partial charge >= 0.3 is 0 Å². The maximum absolute atomic E-state index is 5.83. The second kappa shape index (κ2) is 9.68. The van der Waals surface area contributed by atoms with E-state index in [9.17, 15) is 0 Å². The Bertz CT molecular complexity index is 879. The van der Waals surface area contributed by atoms with E-state index in [2.05, 4.69) is 38.6 Å². The van der Waals surface area contributed by atoms with Crippen LogP contribution in [0.3, 0.4) is 0 Å². The van der Waals surface area contributed by atoms with E-state index in [1.807, 2.05) is 42.6 Å². The van der Waals surface area contributed by atoms with E-state index in [1.54, 1.807) is 24.6 Å². The van der Waals surface area contributed by atoms with Gasteiger partial charge in [-0.15, -0.1) is 11.3 Å². The van der Waals surface area contributed by atoms with Crippen LogP contribution in [0.5, 0.6) is 5.75 Å². The lowest BCUT2D eigenvalue weighted by Gasteiger charge is -2.12. The van der Waals surface area contributed by atoms with Crippen LogP contribution in [-0.2, 0) is 19.7 Å². The number of aryl methyl sites for hydroxylation is 1. The van der Waals surface area contributed by atoms with Crippen LogP contribution < -0.4 is 15.4 Å². The minimum atomic E-state index is 0.453. The minimum absolute atomic E-state index is 0.453. The molecule has 0 unspecified atom stereocenters. The Hall–Kier alpha value is -2.93. The number of nitrogens with zero attached hydrogens (tertiary/aromatic N) is 3. The molecule has 7 heteroatoms. The smallest absolute Gasteiger partial charge is 0.191 e. The largest absolute Gasteiger partial charge is 0.487 e. The molecule has 0 spiro atoms. The van der Waals surface area contributed by atoms with Gasteiger partial charge in [0.25, 0.3) is 0 Å². The van der Waals surface area contributed by atoms with Gasteiger partial charge in [-0.3, -0.25) is 9.98 Å². The third-order valence-electron chi connectivity index (χ3n) is 3.77. The number of aliphatic imine (C=N–C) groups is 1. The van der Waals surface area contributed by atoms with Crippen molar-refractivity contribution >= 4 is 17.3 Å². The highest BCUT2D eigenvalue weighted by Gasteiger charge is 2.03. The number of nitrogens with one attached hydrogen (secondary N) is 2. The zero-order chi connectivity index (χ0) is 18.9. The Kier molecular flexibility index (Phi) is 6.76. The van der Waals surface area contributed by atoms with E-state index in [0.717, 1.165) is 28.0 Å². The number of aromatic nitrogens is 2. The van der Waals surface area contributed by atoms with E-state index in [-0.39, 0.29) is 0 Å². The van der Waals surface area contributed by atoms with Crippen molar-refractivity contribution in [2.75, 3.05) is 7.05 Å². The fraction of sp³-hybridized carbons (Fsp3) is 0.250. The molecule has 0 radical (unpaired) electrons. The lowest BCUT2D eigenvalue weighted by molar-refractivity contribution is 0.301. The molecule has 1 aromatic carbocycles. The van der Waals surface area contributed by atoms with E-state index in [0.29, 0.717) is 19.7 Å². The summed E-state index contributed by atoms with van der Waals surface area (Å²) in [7, 11) is 1.76. The number of hydrogen-bond donors (Lipinski definition) is 2. The summed E-state index contributed by atoms with van der Waals surface area (Å²) < 4.78 is 5.83. The Morgan fingerprint density at radius 2 is 2.00 bits per heavy atom. The predicted molar refractivity (Wildman–Crippen MR) is 109 cm³/mol. The van der Waals surface area contributed by atoms with Crippen molar-refractivity contribution in [1.29, 1.82) is 0 Å². The van der Waals surface area contributed by atoms with Gasteiger partial charge < -0.3 is 15.4 Å². The summed E-state index contributed by atoms with van der Waals surface area (Å²) in [4.78, 5) is 14.1. The third-order valence-corrected chi connectivity index (χ3v) is 4.68. The van der Waals surface area contributed by atoms with E-state index in [1.165, 1.54) is 4.88 Å². The monoisotopic (exact) mass is 381 g/mol. The van der Waals surface area contributed by atoms with E-state index >= 15 is 0 Å². The zero-order valence-corrected chi connectivity index (χ0v) is 16.3. The molecule has 2 heterocycles. The molecule has 2 N–H and O–H groups in total. The first kappa shape index (κ1) is 18.8. The molecule has 0 aliphatic carbocycles. The Labute approximate surface area is 163 Å². The highest BCUT2D eigenvalue weighted by Crippen LogP contribution is 2.15. The molecular weight excluding hydrogens is 358 g/mol. The number of ether oxygens (including phenoxy) is 1. The van der Waals surface area contributed by atoms with Crippen LogP contribution in [0, 0.1) is 6.92 Å². The molecule has 0 aliphatic rings. The number of hydrogen-bond acceptors (Lipinski definition) is 5. The average Bonchev–Trinajstić information content (AvgIpc) is 3.13. The van der Waals surface area contributed by atoms with Gasteiger partial charge in [0.15, 0.2) is 5.96 Å². The molecule has 3 rings (SSSR count). The number of rotatable bonds is 7. The maximum atomic E-state index is 5.83. The first-order valence-corrected chi connectivity index (χ1v) is 9.52. The van der Waals surface area contributed by atoms with Crippen LogP contribution in [0.1, 0.15) is 21.1 Å². The van der Waals surface area contributed by atoms with Gasteiger partial charge in [0.05, 0.1) is 12.2 Å². The summed E-state index contributed by atoms with van der Waals surface area (Å²) in [5.41, 5.74) is 2.02. The van der Waals surface area contributed by atoms with Crippen LogP contribution in [0.2, 0.25) is 0 Å². The van der Waals surface area contributed by atoms with Crippen LogP contribution in [0.15, 0.2) is 59.9 Å². The normalized spacial score (nSPS) is 11.3. The molecule has 0 fully saturated rings. The molecule has 0 atom stereocenters. The van der Waals surface area contributed by atoms with Crippen molar-refractivity contribution in [3.8, 4) is 5.75 Å². The predicted octanol–water partition coefficient (Wildman–Crippen LogP) is 3.29. The fourth-order valence-electron chi connectivity index (χ4n) is 2.43. The fourth-order valence-corrected chi connectivity index (χ4v) is 3.16. The number of pyridine rings is 1. The van der Waals surface area contributed by atoms with Crippen molar-refractivity contribution < 1.29 is 4.74 Å².